The molecule has 0 spiro atoms. The van der Waals surface area contributed by atoms with Crippen molar-refractivity contribution in [3.63, 3.8) is 0 Å². The van der Waals surface area contributed by atoms with Crippen molar-refractivity contribution >= 4 is 52.3 Å². The number of rotatable bonds is 2. The number of nitrogens with zero attached hydrogens (tertiary/aromatic N) is 3. The number of hydrogen-bond donors (Lipinski definition) is 0. The van der Waals surface area contributed by atoms with Gasteiger partial charge in [0.05, 0.1) is 5.69 Å². The molecule has 1 saturated heterocycles. The lowest BCUT2D eigenvalue weighted by atomic mass is 10.2. The van der Waals surface area contributed by atoms with Gasteiger partial charge >= 0.3 is 0 Å². The van der Waals surface area contributed by atoms with E-state index < -0.39 is 5.91 Å². The summed E-state index contributed by atoms with van der Waals surface area (Å²) in [6.07, 6.45) is 1.29. The molecule has 0 unspecified atom stereocenters. The summed E-state index contributed by atoms with van der Waals surface area (Å²) in [7, 11) is 0. The molecular formula is C15H10ClN3O2S. The number of hydrogen-bond acceptors (Lipinski definition) is 4. The molecule has 1 aromatic carbocycles. The molecular weight excluding hydrogens is 322 g/mol. The minimum absolute atomic E-state index is 0.0715. The van der Waals surface area contributed by atoms with Gasteiger partial charge in [-0.05, 0) is 42.5 Å². The van der Waals surface area contributed by atoms with E-state index in [9.17, 15) is 9.59 Å². The molecule has 0 radical (unpaired) electrons. The number of pyridine rings is 1. The van der Waals surface area contributed by atoms with Gasteiger partial charge in [-0.15, -0.1) is 0 Å². The standard InChI is InChI=1S/C15H10ClN3O2S/c16-10-4-3-5-11(8-10)18-13(20)9-14(21)19(15(18)22)12-6-1-2-7-17-12/h1-8H,9H2. The smallest absolute Gasteiger partial charge is 0.244 e. The highest BCUT2D eigenvalue weighted by atomic mass is 35.5. The highest BCUT2D eigenvalue weighted by Crippen LogP contribution is 2.26. The third kappa shape index (κ3) is 2.58. The summed E-state index contributed by atoms with van der Waals surface area (Å²) in [4.78, 5) is 31.1. The Labute approximate surface area is 137 Å². The molecule has 0 aliphatic carbocycles. The minimum atomic E-state index is -0.396. The van der Waals surface area contributed by atoms with Crippen LogP contribution in [0.15, 0.2) is 48.7 Å². The van der Waals surface area contributed by atoms with Crippen LogP contribution in [-0.2, 0) is 9.59 Å². The SMILES string of the molecule is O=C1CC(=O)N(c2ccccn2)C(=S)N1c1cccc(Cl)c1. The maximum atomic E-state index is 12.2. The Morgan fingerprint density at radius 2 is 1.82 bits per heavy atom. The second-order valence-corrected chi connectivity index (χ2v) is 5.39. The van der Waals surface area contributed by atoms with E-state index in [1.165, 1.54) is 9.80 Å². The molecule has 2 amide bonds. The third-order valence-electron chi connectivity index (χ3n) is 3.13. The Bertz CT molecular complexity index is 766. The lowest BCUT2D eigenvalue weighted by Gasteiger charge is -2.34. The molecule has 2 aromatic rings. The Kier molecular flexibility index (Phi) is 3.87. The van der Waals surface area contributed by atoms with Gasteiger partial charge in [-0.2, -0.15) is 0 Å². The van der Waals surface area contributed by atoms with Gasteiger partial charge in [-0.3, -0.25) is 14.5 Å². The van der Waals surface area contributed by atoms with Crippen LogP contribution in [0.3, 0.4) is 0 Å². The van der Waals surface area contributed by atoms with Gasteiger partial charge in [-0.25, -0.2) is 9.88 Å². The molecule has 1 aliphatic heterocycles. The number of aromatic nitrogens is 1. The molecule has 110 valence electrons. The van der Waals surface area contributed by atoms with Gasteiger partial charge in [0.2, 0.25) is 11.8 Å². The lowest BCUT2D eigenvalue weighted by Crippen LogP contribution is -2.55. The summed E-state index contributed by atoms with van der Waals surface area (Å²) in [6.45, 7) is 0. The van der Waals surface area contributed by atoms with Crippen LogP contribution in [0.25, 0.3) is 0 Å². The van der Waals surface area contributed by atoms with Crippen LogP contribution >= 0.6 is 23.8 Å². The topological polar surface area (TPSA) is 53.5 Å². The molecule has 1 aliphatic rings. The average Bonchev–Trinajstić information content (AvgIpc) is 2.48. The fourth-order valence-electron chi connectivity index (χ4n) is 2.18. The van der Waals surface area contributed by atoms with Crippen molar-refractivity contribution in [2.24, 2.45) is 0 Å². The summed E-state index contributed by atoms with van der Waals surface area (Å²) < 4.78 is 0. The largest absolute Gasteiger partial charge is 0.273 e. The number of amides is 2. The third-order valence-corrected chi connectivity index (χ3v) is 3.73. The van der Waals surface area contributed by atoms with Gasteiger partial charge in [0.25, 0.3) is 0 Å². The number of benzene rings is 1. The van der Waals surface area contributed by atoms with Gasteiger partial charge in [-0.1, -0.05) is 23.7 Å². The van der Waals surface area contributed by atoms with E-state index in [4.69, 9.17) is 23.8 Å². The number of carbonyl (C=O) groups excluding carboxylic acids is 2. The van der Waals surface area contributed by atoms with E-state index in [-0.39, 0.29) is 17.4 Å². The van der Waals surface area contributed by atoms with Crippen molar-refractivity contribution in [2.75, 3.05) is 9.80 Å². The number of thiocarbonyl (C=S) groups is 1. The summed E-state index contributed by atoms with van der Waals surface area (Å²) in [5.74, 6) is -0.395. The average molecular weight is 332 g/mol. The van der Waals surface area contributed by atoms with Gasteiger partial charge < -0.3 is 0 Å². The van der Waals surface area contributed by atoms with Crippen LogP contribution in [-0.4, -0.2) is 21.9 Å². The molecule has 3 rings (SSSR count). The highest BCUT2D eigenvalue weighted by molar-refractivity contribution is 7.81. The molecule has 1 fully saturated rings. The monoisotopic (exact) mass is 331 g/mol. The van der Waals surface area contributed by atoms with Crippen molar-refractivity contribution in [1.29, 1.82) is 0 Å². The quantitative estimate of drug-likeness (QED) is 0.627. The minimum Gasteiger partial charge on any atom is -0.273 e. The van der Waals surface area contributed by atoms with Crippen molar-refractivity contribution in [3.8, 4) is 0 Å². The van der Waals surface area contributed by atoms with Crippen molar-refractivity contribution in [3.05, 3.63) is 53.7 Å². The first-order chi connectivity index (χ1) is 10.6. The van der Waals surface area contributed by atoms with Crippen LogP contribution in [0.1, 0.15) is 6.42 Å². The molecule has 5 nitrogen and oxygen atoms in total. The molecule has 0 atom stereocenters. The highest BCUT2D eigenvalue weighted by Gasteiger charge is 2.37. The van der Waals surface area contributed by atoms with Crippen LogP contribution in [0.2, 0.25) is 5.02 Å². The summed E-state index contributed by atoms with van der Waals surface area (Å²) in [5, 5.41) is 0.552. The van der Waals surface area contributed by atoms with Crippen molar-refractivity contribution in [2.45, 2.75) is 6.42 Å². The Morgan fingerprint density at radius 1 is 1.05 bits per heavy atom. The van der Waals surface area contributed by atoms with Crippen LogP contribution in [0.5, 0.6) is 0 Å². The lowest BCUT2D eigenvalue weighted by molar-refractivity contribution is -0.126. The molecule has 1 aromatic heterocycles. The molecule has 2 heterocycles. The van der Waals surface area contributed by atoms with Crippen LogP contribution < -0.4 is 9.80 Å². The molecule has 22 heavy (non-hydrogen) atoms. The first-order valence-electron chi connectivity index (χ1n) is 6.44. The predicted molar refractivity (Wildman–Crippen MR) is 87.9 cm³/mol. The number of carbonyl (C=O) groups is 2. The fraction of sp³-hybridized carbons (Fsp3) is 0.0667. The summed E-state index contributed by atoms with van der Waals surface area (Å²) in [5.41, 5.74) is 0.524. The van der Waals surface area contributed by atoms with E-state index in [0.717, 1.165) is 0 Å². The zero-order valence-corrected chi connectivity index (χ0v) is 12.8. The number of anilines is 2. The van der Waals surface area contributed by atoms with E-state index in [1.807, 2.05) is 0 Å². The van der Waals surface area contributed by atoms with E-state index >= 15 is 0 Å². The van der Waals surface area contributed by atoms with Gasteiger partial charge in [0.15, 0.2) is 5.11 Å². The second-order valence-electron chi connectivity index (χ2n) is 4.59. The Hall–Kier alpha value is -2.31. The predicted octanol–water partition coefficient (Wildman–Crippen LogP) is 2.79. The fourth-order valence-corrected chi connectivity index (χ4v) is 2.77. The zero-order valence-electron chi connectivity index (χ0n) is 11.3. The first-order valence-corrected chi connectivity index (χ1v) is 7.23. The van der Waals surface area contributed by atoms with E-state index in [0.29, 0.717) is 16.5 Å². The summed E-state index contributed by atoms with van der Waals surface area (Å²) >= 11 is 11.3. The van der Waals surface area contributed by atoms with Gasteiger partial charge in [0, 0.05) is 11.2 Å². The Balaban J connectivity index is 2.03. The summed E-state index contributed by atoms with van der Waals surface area (Å²) in [6, 6.07) is 11.9. The Morgan fingerprint density at radius 3 is 2.50 bits per heavy atom. The van der Waals surface area contributed by atoms with Crippen molar-refractivity contribution < 1.29 is 9.59 Å². The normalized spacial score (nSPS) is 15.4. The van der Waals surface area contributed by atoms with Crippen LogP contribution in [0, 0.1) is 0 Å². The van der Waals surface area contributed by atoms with Crippen molar-refractivity contribution in [1.82, 2.24) is 4.98 Å². The molecule has 0 N–H and O–H groups in total. The maximum Gasteiger partial charge on any atom is 0.244 e. The molecule has 7 heteroatoms. The zero-order chi connectivity index (χ0) is 15.7. The van der Waals surface area contributed by atoms with Gasteiger partial charge in [0.1, 0.15) is 12.2 Å². The first kappa shape index (κ1) is 14.6. The maximum absolute atomic E-state index is 12.2. The van der Waals surface area contributed by atoms with Crippen LogP contribution in [0.4, 0.5) is 11.5 Å². The molecule has 0 bridgehead atoms. The second kappa shape index (κ2) is 5.82. The van der Waals surface area contributed by atoms with E-state index in [2.05, 4.69) is 4.98 Å². The number of halogens is 1. The molecule has 0 saturated carbocycles. The van der Waals surface area contributed by atoms with E-state index in [1.54, 1.807) is 48.7 Å².